The molecule has 2 nitrogen and oxygen atoms in total. The molecule has 0 spiro atoms. The van der Waals surface area contributed by atoms with Crippen LogP contribution in [0.2, 0.25) is 0 Å². The Balaban J connectivity index is 2.06. The van der Waals surface area contributed by atoms with Gasteiger partial charge in [-0.2, -0.15) is 0 Å². The van der Waals surface area contributed by atoms with Gasteiger partial charge in [-0.3, -0.25) is 4.79 Å². The fourth-order valence-electron chi connectivity index (χ4n) is 4.38. The van der Waals surface area contributed by atoms with E-state index in [1.54, 1.807) is 0 Å². The lowest BCUT2D eigenvalue weighted by molar-refractivity contribution is 0.101. The van der Waals surface area contributed by atoms with Crippen molar-refractivity contribution in [3.8, 4) is 5.75 Å². The van der Waals surface area contributed by atoms with Gasteiger partial charge in [-0.05, 0) is 82.0 Å². The van der Waals surface area contributed by atoms with E-state index >= 15 is 0 Å². The Labute approximate surface area is 189 Å². The van der Waals surface area contributed by atoms with Crippen molar-refractivity contribution in [2.24, 2.45) is 5.41 Å². The van der Waals surface area contributed by atoms with Gasteiger partial charge in [0.1, 0.15) is 5.75 Å². The number of Topliss-reactive ketones (excluding diaryl/α,β-unsaturated/α-hetero) is 1. The fourth-order valence-corrected chi connectivity index (χ4v) is 4.38. The summed E-state index contributed by atoms with van der Waals surface area (Å²) in [5.74, 6) is 0.390. The van der Waals surface area contributed by atoms with Crippen LogP contribution in [0.25, 0.3) is 29.0 Å². The summed E-state index contributed by atoms with van der Waals surface area (Å²) < 4.78 is 0. The SMILES string of the molecule is C=c1c(C)c(O)c2cc(C)c(C)cc2c1=CC=C1C=C(C(C)(C)C)C(=O)c2ccccc21. The predicted molar refractivity (Wildman–Crippen MR) is 135 cm³/mol. The van der Waals surface area contributed by atoms with Crippen molar-refractivity contribution in [3.63, 3.8) is 0 Å². The number of carbonyl (C=O) groups is 1. The Morgan fingerprint density at radius 1 is 0.906 bits per heavy atom. The first kappa shape index (κ1) is 21.8. The van der Waals surface area contributed by atoms with Gasteiger partial charge in [0.2, 0.25) is 0 Å². The largest absolute Gasteiger partial charge is 0.507 e. The van der Waals surface area contributed by atoms with E-state index in [1.165, 1.54) is 5.56 Å². The van der Waals surface area contributed by atoms with Gasteiger partial charge in [-0.25, -0.2) is 0 Å². The smallest absolute Gasteiger partial charge is 0.190 e. The van der Waals surface area contributed by atoms with Crippen LogP contribution in [0.3, 0.4) is 0 Å². The van der Waals surface area contributed by atoms with Crippen molar-refractivity contribution < 1.29 is 9.90 Å². The third-order valence-corrected chi connectivity index (χ3v) is 6.58. The highest BCUT2D eigenvalue weighted by Gasteiger charge is 2.30. The molecule has 162 valence electrons. The first-order chi connectivity index (χ1) is 15.0. The molecule has 0 saturated carbocycles. The normalized spacial score (nSPS) is 15.9. The maximum absolute atomic E-state index is 13.1. The van der Waals surface area contributed by atoms with E-state index in [-0.39, 0.29) is 11.2 Å². The lowest BCUT2D eigenvalue weighted by Crippen LogP contribution is -2.27. The standard InChI is InChI=1S/C30H30O2/c1-17-14-25-22(19(3)20(4)28(31)26(25)15-18(17)2)13-12-21-16-27(30(5,6)7)29(32)24-11-9-8-10-23(21)24/h8-16,31H,3H2,1-2,4-7H3. The molecule has 3 aromatic rings. The lowest BCUT2D eigenvalue weighted by Gasteiger charge is -2.27. The Morgan fingerprint density at radius 3 is 2.12 bits per heavy atom. The Bertz CT molecular complexity index is 1460. The zero-order valence-electron chi connectivity index (χ0n) is 19.8. The number of hydrogen-bond donors (Lipinski definition) is 1. The molecule has 4 rings (SSSR count). The van der Waals surface area contributed by atoms with Crippen LogP contribution < -0.4 is 10.4 Å². The van der Waals surface area contributed by atoms with Gasteiger partial charge in [-0.15, -0.1) is 0 Å². The van der Waals surface area contributed by atoms with Gasteiger partial charge in [0.05, 0.1) is 0 Å². The highest BCUT2D eigenvalue weighted by Crippen LogP contribution is 2.37. The molecule has 0 aliphatic heterocycles. The number of aryl methyl sites for hydroxylation is 2. The zero-order chi connectivity index (χ0) is 23.4. The number of phenols is 1. The summed E-state index contributed by atoms with van der Waals surface area (Å²) in [6.07, 6.45) is 6.17. The van der Waals surface area contributed by atoms with Gasteiger partial charge >= 0.3 is 0 Å². The molecule has 0 unspecified atom stereocenters. The number of carbonyl (C=O) groups excluding carboxylic acids is 1. The van der Waals surface area contributed by atoms with Crippen LogP contribution in [0.1, 0.15) is 53.4 Å². The summed E-state index contributed by atoms with van der Waals surface area (Å²) in [5.41, 5.74) is 6.35. The van der Waals surface area contributed by atoms with Gasteiger partial charge in [0, 0.05) is 16.5 Å². The molecular formula is C30H30O2. The molecule has 0 saturated heterocycles. The lowest BCUT2D eigenvalue weighted by atomic mass is 9.76. The van der Waals surface area contributed by atoms with E-state index in [9.17, 15) is 9.90 Å². The van der Waals surface area contributed by atoms with E-state index in [2.05, 4.69) is 59.4 Å². The minimum Gasteiger partial charge on any atom is -0.507 e. The number of allylic oxidation sites excluding steroid dienone is 4. The van der Waals surface area contributed by atoms with Gasteiger partial charge < -0.3 is 5.11 Å². The molecule has 2 heteroatoms. The Morgan fingerprint density at radius 2 is 1.50 bits per heavy atom. The highest BCUT2D eigenvalue weighted by molar-refractivity contribution is 6.16. The molecule has 32 heavy (non-hydrogen) atoms. The summed E-state index contributed by atoms with van der Waals surface area (Å²) in [6, 6.07) is 12.0. The summed E-state index contributed by atoms with van der Waals surface area (Å²) in [4.78, 5) is 13.1. The van der Waals surface area contributed by atoms with Gasteiger partial charge in [-0.1, -0.05) is 69.8 Å². The van der Waals surface area contributed by atoms with Crippen LogP contribution in [0.4, 0.5) is 0 Å². The molecule has 1 aliphatic rings. The molecule has 1 N–H and O–H groups in total. The van der Waals surface area contributed by atoms with Crippen molar-refractivity contribution in [2.45, 2.75) is 41.5 Å². The molecule has 0 aromatic heterocycles. The van der Waals surface area contributed by atoms with Crippen molar-refractivity contribution in [1.29, 1.82) is 0 Å². The van der Waals surface area contributed by atoms with Gasteiger partial charge in [0.25, 0.3) is 0 Å². The molecule has 1 aliphatic carbocycles. The van der Waals surface area contributed by atoms with Crippen LogP contribution in [-0.4, -0.2) is 10.9 Å². The van der Waals surface area contributed by atoms with Gasteiger partial charge in [0.15, 0.2) is 5.78 Å². The molecule has 0 heterocycles. The topological polar surface area (TPSA) is 37.3 Å². The number of phenolic OH excluding ortho intramolecular Hbond substituents is 1. The highest BCUT2D eigenvalue weighted by atomic mass is 16.3. The molecule has 0 bridgehead atoms. The van der Waals surface area contributed by atoms with E-state index in [1.807, 2.05) is 43.3 Å². The quantitative estimate of drug-likeness (QED) is 0.529. The summed E-state index contributed by atoms with van der Waals surface area (Å²) >= 11 is 0. The maximum atomic E-state index is 13.1. The monoisotopic (exact) mass is 422 g/mol. The van der Waals surface area contributed by atoms with Crippen LogP contribution in [0.15, 0.2) is 54.1 Å². The minimum absolute atomic E-state index is 0.0973. The van der Waals surface area contributed by atoms with Crippen molar-refractivity contribution in [2.75, 3.05) is 0 Å². The Hall–Kier alpha value is -3.39. The molecule has 0 amide bonds. The second kappa shape index (κ2) is 7.63. The first-order valence-electron chi connectivity index (χ1n) is 11.0. The Kier molecular flexibility index (Phi) is 5.21. The molecule has 0 atom stereocenters. The van der Waals surface area contributed by atoms with Crippen molar-refractivity contribution in [3.05, 3.63) is 92.4 Å². The molecule has 0 radical (unpaired) electrons. The number of rotatable bonds is 1. The van der Waals surface area contributed by atoms with E-state index in [0.717, 1.165) is 54.6 Å². The number of benzene rings is 3. The van der Waals surface area contributed by atoms with E-state index in [4.69, 9.17) is 0 Å². The third-order valence-electron chi connectivity index (χ3n) is 6.58. The zero-order valence-corrected chi connectivity index (χ0v) is 19.8. The molecular weight excluding hydrogens is 392 g/mol. The van der Waals surface area contributed by atoms with Crippen LogP contribution >= 0.6 is 0 Å². The fraction of sp³-hybridized carbons (Fsp3) is 0.233. The second-order valence-electron chi connectivity index (χ2n) is 9.82. The molecule has 3 aromatic carbocycles. The predicted octanol–water partition coefficient (Wildman–Crippen LogP) is 5.91. The second-order valence-corrected chi connectivity index (χ2v) is 9.82. The summed E-state index contributed by atoms with van der Waals surface area (Å²) in [7, 11) is 0. The number of fused-ring (bicyclic) bond motifs is 2. The van der Waals surface area contributed by atoms with Crippen molar-refractivity contribution in [1.82, 2.24) is 0 Å². The van der Waals surface area contributed by atoms with E-state index in [0.29, 0.717) is 5.75 Å². The first-order valence-corrected chi connectivity index (χ1v) is 11.0. The number of aromatic hydroxyl groups is 1. The molecule has 0 fully saturated rings. The minimum atomic E-state index is -0.252. The summed E-state index contributed by atoms with van der Waals surface area (Å²) in [5, 5.41) is 14.4. The third kappa shape index (κ3) is 3.50. The number of hydrogen-bond acceptors (Lipinski definition) is 2. The average molecular weight is 423 g/mol. The van der Waals surface area contributed by atoms with Crippen LogP contribution in [0.5, 0.6) is 5.75 Å². The van der Waals surface area contributed by atoms with Crippen LogP contribution in [-0.2, 0) is 0 Å². The summed E-state index contributed by atoms with van der Waals surface area (Å²) in [6.45, 7) is 16.5. The average Bonchev–Trinajstić information content (AvgIpc) is 2.74. The number of ketones is 1. The van der Waals surface area contributed by atoms with Crippen molar-refractivity contribution >= 4 is 34.8 Å². The van der Waals surface area contributed by atoms with Crippen LogP contribution in [0, 0.1) is 26.2 Å². The maximum Gasteiger partial charge on any atom is 0.190 e. The van der Waals surface area contributed by atoms with E-state index < -0.39 is 0 Å².